The topological polar surface area (TPSA) is 75.0 Å². The van der Waals surface area contributed by atoms with Gasteiger partial charge in [-0.3, -0.25) is 9.79 Å². The first-order valence-corrected chi connectivity index (χ1v) is 10.1. The molecule has 0 radical (unpaired) electrons. The van der Waals surface area contributed by atoms with E-state index in [1.807, 2.05) is 19.2 Å². The van der Waals surface area contributed by atoms with Crippen LogP contribution in [0.25, 0.3) is 0 Å². The van der Waals surface area contributed by atoms with Gasteiger partial charge in [-0.15, -0.1) is 24.0 Å². The third-order valence-corrected chi connectivity index (χ3v) is 5.68. The van der Waals surface area contributed by atoms with E-state index in [0.29, 0.717) is 11.7 Å². The molecule has 0 bridgehead atoms. The highest BCUT2D eigenvalue weighted by Gasteiger charge is 2.25. The van der Waals surface area contributed by atoms with E-state index in [2.05, 4.69) is 37.2 Å². The van der Waals surface area contributed by atoms with Gasteiger partial charge < -0.3 is 24.4 Å². The maximum atomic E-state index is 12.3. The average Bonchev–Trinajstić information content (AvgIpc) is 2.77. The van der Waals surface area contributed by atoms with Crippen molar-refractivity contribution in [2.75, 3.05) is 51.3 Å². The lowest BCUT2D eigenvalue weighted by atomic mass is 9.93. The monoisotopic (exact) mass is 524 g/mol. The number of fused-ring (bicyclic) bond motifs is 1. The highest BCUT2D eigenvalue weighted by Crippen LogP contribution is 2.32. The number of rotatable bonds is 3. The summed E-state index contributed by atoms with van der Waals surface area (Å²) in [6.45, 7) is 4.65. The van der Waals surface area contributed by atoms with Crippen molar-refractivity contribution in [3.8, 4) is 5.75 Å². The van der Waals surface area contributed by atoms with E-state index in [0.717, 1.165) is 57.5 Å². The maximum Gasteiger partial charge on any atom is 0.293 e. The van der Waals surface area contributed by atoms with Crippen molar-refractivity contribution in [3.05, 3.63) is 52.6 Å². The fraction of sp³-hybridized carbons (Fsp3) is 0.476. The number of guanidine groups is 1. The second-order valence-corrected chi connectivity index (χ2v) is 7.44. The van der Waals surface area contributed by atoms with Gasteiger partial charge in [-0.25, -0.2) is 4.98 Å². The number of nitrogens with zero attached hydrogens (tertiary/aromatic N) is 5. The summed E-state index contributed by atoms with van der Waals surface area (Å²) < 4.78 is 7.34. The molecule has 4 rings (SSSR count). The van der Waals surface area contributed by atoms with Crippen LogP contribution in [0.1, 0.15) is 17.9 Å². The summed E-state index contributed by atoms with van der Waals surface area (Å²) in [5, 5.41) is 3.55. The lowest BCUT2D eigenvalue weighted by Gasteiger charge is -2.37. The van der Waals surface area contributed by atoms with E-state index >= 15 is 0 Å². The summed E-state index contributed by atoms with van der Waals surface area (Å²) in [4.78, 5) is 25.4. The van der Waals surface area contributed by atoms with Crippen LogP contribution in [0.4, 0.5) is 5.82 Å². The normalized spacial score (nSPS) is 18.9. The van der Waals surface area contributed by atoms with Crippen LogP contribution in [-0.2, 0) is 7.05 Å². The van der Waals surface area contributed by atoms with Gasteiger partial charge in [0.05, 0.1) is 6.61 Å². The summed E-state index contributed by atoms with van der Waals surface area (Å²) in [6.07, 6.45) is 4.36. The van der Waals surface area contributed by atoms with Gasteiger partial charge in [0.2, 0.25) is 0 Å². The minimum atomic E-state index is -0.0540. The quantitative estimate of drug-likeness (QED) is 0.374. The van der Waals surface area contributed by atoms with Crippen LogP contribution in [0, 0.1) is 0 Å². The lowest BCUT2D eigenvalue weighted by molar-refractivity contribution is 0.266. The standard InChI is InChI=1S/C21H28N6O2.HI/c1-22-21(24-15-16-7-14-29-18-6-4-3-5-17(16)18)27-12-10-26(11-13-27)19-20(28)25(2)9-8-23-19;/h3-6,8-9,16H,7,10-15H2,1-2H3,(H,22,24);1H. The predicted octanol–water partition coefficient (Wildman–Crippen LogP) is 1.66. The fourth-order valence-corrected chi connectivity index (χ4v) is 4.01. The van der Waals surface area contributed by atoms with Crippen molar-refractivity contribution in [1.82, 2.24) is 19.8 Å². The van der Waals surface area contributed by atoms with Gasteiger partial charge in [0.25, 0.3) is 5.56 Å². The van der Waals surface area contributed by atoms with Crippen LogP contribution in [0.3, 0.4) is 0 Å². The number of para-hydroxylation sites is 1. The van der Waals surface area contributed by atoms with Crippen LogP contribution in [0.5, 0.6) is 5.75 Å². The van der Waals surface area contributed by atoms with Gasteiger partial charge in [0.15, 0.2) is 11.8 Å². The first-order valence-electron chi connectivity index (χ1n) is 10.1. The van der Waals surface area contributed by atoms with Crippen LogP contribution in [0.2, 0.25) is 0 Å². The number of aromatic nitrogens is 2. The van der Waals surface area contributed by atoms with Gasteiger partial charge in [-0.1, -0.05) is 18.2 Å². The minimum absolute atomic E-state index is 0. The van der Waals surface area contributed by atoms with Crippen molar-refractivity contribution >= 4 is 35.8 Å². The Kier molecular flexibility index (Phi) is 7.57. The van der Waals surface area contributed by atoms with Crippen LogP contribution >= 0.6 is 24.0 Å². The first kappa shape index (κ1) is 22.4. The molecule has 0 aliphatic carbocycles. The van der Waals surface area contributed by atoms with Crippen LogP contribution in [-0.4, -0.2) is 66.8 Å². The minimum Gasteiger partial charge on any atom is -0.493 e. The van der Waals surface area contributed by atoms with Crippen LogP contribution in [0.15, 0.2) is 46.4 Å². The number of aliphatic imine (C=N–C) groups is 1. The number of benzene rings is 1. The molecule has 2 aliphatic rings. The molecule has 9 heteroatoms. The van der Waals surface area contributed by atoms with Crippen molar-refractivity contribution in [2.45, 2.75) is 12.3 Å². The van der Waals surface area contributed by atoms with Gasteiger partial charge in [0.1, 0.15) is 5.75 Å². The lowest BCUT2D eigenvalue weighted by Crippen LogP contribution is -2.54. The first-order chi connectivity index (χ1) is 14.2. The largest absolute Gasteiger partial charge is 0.493 e. The molecule has 1 atom stereocenters. The number of hydrogen-bond acceptors (Lipinski definition) is 5. The summed E-state index contributed by atoms with van der Waals surface area (Å²) in [5.74, 6) is 2.83. The maximum absolute atomic E-state index is 12.3. The summed E-state index contributed by atoms with van der Waals surface area (Å²) in [5.41, 5.74) is 1.21. The van der Waals surface area contributed by atoms with E-state index in [4.69, 9.17) is 4.74 Å². The Morgan fingerprint density at radius 3 is 2.80 bits per heavy atom. The molecular formula is C21H29IN6O2. The molecule has 1 fully saturated rings. The summed E-state index contributed by atoms with van der Waals surface area (Å²) >= 11 is 0. The molecule has 1 unspecified atom stereocenters. The van der Waals surface area contributed by atoms with Gasteiger partial charge >= 0.3 is 0 Å². The zero-order chi connectivity index (χ0) is 20.2. The smallest absolute Gasteiger partial charge is 0.293 e. The molecule has 1 saturated heterocycles. The Labute approximate surface area is 194 Å². The zero-order valence-corrected chi connectivity index (χ0v) is 19.8. The van der Waals surface area contributed by atoms with Gasteiger partial charge in [-0.2, -0.15) is 0 Å². The van der Waals surface area contributed by atoms with Crippen molar-refractivity contribution in [1.29, 1.82) is 0 Å². The Bertz CT molecular complexity index is 939. The Balaban J connectivity index is 0.00000256. The molecule has 0 saturated carbocycles. The van der Waals surface area contributed by atoms with Crippen molar-refractivity contribution in [2.24, 2.45) is 12.0 Å². The summed E-state index contributed by atoms with van der Waals surface area (Å²) in [6, 6.07) is 8.27. The molecule has 0 amide bonds. The molecule has 2 aliphatic heterocycles. The second-order valence-electron chi connectivity index (χ2n) is 7.44. The molecule has 2 aromatic rings. The van der Waals surface area contributed by atoms with E-state index in [-0.39, 0.29) is 29.5 Å². The number of anilines is 1. The van der Waals surface area contributed by atoms with E-state index in [1.54, 1.807) is 24.0 Å². The predicted molar refractivity (Wildman–Crippen MR) is 129 cm³/mol. The third-order valence-electron chi connectivity index (χ3n) is 5.68. The second kappa shape index (κ2) is 10.1. The Hall–Kier alpha value is -2.30. The zero-order valence-electron chi connectivity index (χ0n) is 17.5. The molecule has 8 nitrogen and oxygen atoms in total. The van der Waals surface area contributed by atoms with E-state index in [1.165, 1.54) is 5.56 Å². The molecule has 0 spiro atoms. The van der Waals surface area contributed by atoms with Gasteiger partial charge in [0, 0.05) is 65.1 Å². The van der Waals surface area contributed by atoms with E-state index in [9.17, 15) is 4.79 Å². The number of halogens is 1. The highest BCUT2D eigenvalue weighted by atomic mass is 127. The molecule has 1 aromatic heterocycles. The Morgan fingerprint density at radius 2 is 2.03 bits per heavy atom. The SMILES string of the molecule is CN=C(NCC1CCOc2ccccc21)N1CCN(c2nccn(C)c2=O)CC1.I. The highest BCUT2D eigenvalue weighted by molar-refractivity contribution is 14.0. The average molecular weight is 524 g/mol. The van der Waals surface area contributed by atoms with Gasteiger partial charge in [-0.05, 0) is 18.1 Å². The van der Waals surface area contributed by atoms with Crippen LogP contribution < -0.4 is 20.5 Å². The fourth-order valence-electron chi connectivity index (χ4n) is 4.01. The molecule has 1 aromatic carbocycles. The molecule has 162 valence electrons. The third kappa shape index (κ3) is 4.71. The molecule has 1 N–H and O–H groups in total. The molecule has 3 heterocycles. The van der Waals surface area contributed by atoms with Crippen molar-refractivity contribution < 1.29 is 4.74 Å². The number of aryl methyl sites for hydroxylation is 1. The Morgan fingerprint density at radius 1 is 1.27 bits per heavy atom. The van der Waals surface area contributed by atoms with Crippen molar-refractivity contribution in [3.63, 3.8) is 0 Å². The van der Waals surface area contributed by atoms with E-state index < -0.39 is 0 Å². The summed E-state index contributed by atoms with van der Waals surface area (Å²) in [7, 11) is 3.57. The number of piperazine rings is 1. The molecule has 30 heavy (non-hydrogen) atoms. The number of hydrogen-bond donors (Lipinski definition) is 1. The number of ether oxygens (including phenoxy) is 1. The number of nitrogens with one attached hydrogen (secondary N) is 1. The molecular weight excluding hydrogens is 495 g/mol.